The minimum Gasteiger partial charge on any atom is -0.478 e. The minimum absolute atomic E-state index is 0.272. The first-order valence-corrected chi connectivity index (χ1v) is 5.71. The van der Waals surface area contributed by atoms with E-state index in [2.05, 4.69) is 0 Å². The highest BCUT2D eigenvalue weighted by Gasteiger charge is 2.08. The third-order valence-corrected chi connectivity index (χ3v) is 2.70. The van der Waals surface area contributed by atoms with Crippen molar-refractivity contribution in [3.63, 3.8) is 0 Å². The first kappa shape index (κ1) is 12.5. The summed E-state index contributed by atoms with van der Waals surface area (Å²) in [4.78, 5) is 10.9. The highest BCUT2D eigenvalue weighted by molar-refractivity contribution is 6.30. The molecule has 2 rings (SSSR count). The molecule has 0 aliphatic heterocycles. The fraction of sp³-hybridized carbons (Fsp3) is 0.0714. The average molecular weight is 263 g/mol. The first-order valence-electron chi connectivity index (χ1n) is 5.33. The molecule has 0 saturated carbocycles. The summed E-state index contributed by atoms with van der Waals surface area (Å²) in [5, 5.41) is 9.51. The van der Waals surface area contributed by atoms with Gasteiger partial charge in [0.05, 0.1) is 5.56 Å². The number of carbonyl (C=O) groups is 1. The number of ether oxygens (including phenoxy) is 1. The van der Waals surface area contributed by atoms with Gasteiger partial charge in [0.1, 0.15) is 11.5 Å². The lowest BCUT2D eigenvalue weighted by atomic mass is 10.1. The molecule has 0 unspecified atom stereocenters. The second kappa shape index (κ2) is 5.10. The number of hydrogen-bond acceptors (Lipinski definition) is 2. The van der Waals surface area contributed by atoms with Crippen molar-refractivity contribution in [2.75, 3.05) is 0 Å². The van der Waals surface area contributed by atoms with Crippen molar-refractivity contribution >= 4 is 17.6 Å². The Kier molecular flexibility index (Phi) is 3.53. The smallest absolute Gasteiger partial charge is 0.335 e. The van der Waals surface area contributed by atoms with Gasteiger partial charge < -0.3 is 9.84 Å². The van der Waals surface area contributed by atoms with Crippen molar-refractivity contribution in [2.24, 2.45) is 0 Å². The largest absolute Gasteiger partial charge is 0.478 e. The van der Waals surface area contributed by atoms with Crippen LogP contribution in [0.1, 0.15) is 15.9 Å². The third-order valence-electron chi connectivity index (χ3n) is 2.46. The summed E-state index contributed by atoms with van der Waals surface area (Å²) in [5.41, 5.74) is 0.926. The van der Waals surface area contributed by atoms with Gasteiger partial charge in [-0.1, -0.05) is 17.7 Å². The quantitative estimate of drug-likeness (QED) is 0.904. The molecule has 0 bridgehead atoms. The van der Waals surface area contributed by atoms with Gasteiger partial charge in [0.15, 0.2) is 0 Å². The Morgan fingerprint density at radius 1 is 1.17 bits per heavy atom. The van der Waals surface area contributed by atoms with Crippen LogP contribution in [-0.2, 0) is 0 Å². The van der Waals surface area contributed by atoms with Gasteiger partial charge in [-0.05, 0) is 48.9 Å². The van der Waals surface area contributed by atoms with Crippen LogP contribution in [0.2, 0.25) is 5.02 Å². The van der Waals surface area contributed by atoms with Crippen molar-refractivity contribution in [2.45, 2.75) is 6.92 Å². The molecule has 0 saturated heterocycles. The second-order valence-electron chi connectivity index (χ2n) is 3.84. The molecule has 3 nitrogen and oxygen atoms in total. The van der Waals surface area contributed by atoms with E-state index in [0.29, 0.717) is 22.1 Å². The van der Waals surface area contributed by atoms with Gasteiger partial charge in [0.2, 0.25) is 0 Å². The summed E-state index contributed by atoms with van der Waals surface area (Å²) in [6, 6.07) is 11.9. The molecule has 0 amide bonds. The summed E-state index contributed by atoms with van der Waals surface area (Å²) in [6.07, 6.45) is 0. The van der Waals surface area contributed by atoms with Crippen molar-refractivity contribution in [3.05, 3.63) is 58.6 Å². The fourth-order valence-corrected chi connectivity index (χ4v) is 1.79. The number of carboxylic acid groups (broad SMARTS) is 1. The van der Waals surface area contributed by atoms with Crippen LogP contribution in [0.5, 0.6) is 11.5 Å². The molecule has 0 aliphatic carbocycles. The molecule has 2 aromatic rings. The minimum atomic E-state index is -0.943. The molecular weight excluding hydrogens is 252 g/mol. The molecule has 0 radical (unpaired) electrons. The van der Waals surface area contributed by atoms with Crippen LogP contribution in [0.3, 0.4) is 0 Å². The summed E-state index contributed by atoms with van der Waals surface area (Å²) in [6.45, 7) is 1.73. The lowest BCUT2D eigenvalue weighted by molar-refractivity contribution is 0.0696. The van der Waals surface area contributed by atoms with E-state index in [1.54, 1.807) is 43.3 Å². The van der Waals surface area contributed by atoms with Crippen LogP contribution >= 0.6 is 11.6 Å². The number of aromatic carboxylic acids is 1. The van der Waals surface area contributed by atoms with Crippen LogP contribution in [-0.4, -0.2) is 11.1 Å². The predicted molar refractivity (Wildman–Crippen MR) is 69.7 cm³/mol. The Hall–Kier alpha value is -2.00. The molecule has 0 aliphatic rings. The topological polar surface area (TPSA) is 46.5 Å². The van der Waals surface area contributed by atoms with E-state index >= 15 is 0 Å². The van der Waals surface area contributed by atoms with Crippen molar-refractivity contribution in [1.82, 2.24) is 0 Å². The first-order chi connectivity index (χ1) is 8.56. The van der Waals surface area contributed by atoms with E-state index in [-0.39, 0.29) is 5.56 Å². The van der Waals surface area contributed by atoms with Gasteiger partial charge in [-0.3, -0.25) is 0 Å². The van der Waals surface area contributed by atoms with Gasteiger partial charge in [-0.2, -0.15) is 0 Å². The van der Waals surface area contributed by atoms with Crippen LogP contribution < -0.4 is 4.74 Å². The number of benzene rings is 2. The molecule has 92 valence electrons. The maximum atomic E-state index is 10.9. The van der Waals surface area contributed by atoms with Crippen molar-refractivity contribution in [1.29, 1.82) is 0 Å². The molecule has 18 heavy (non-hydrogen) atoms. The zero-order chi connectivity index (χ0) is 13.1. The fourth-order valence-electron chi connectivity index (χ4n) is 1.61. The van der Waals surface area contributed by atoms with E-state index in [9.17, 15) is 4.79 Å². The van der Waals surface area contributed by atoms with Gasteiger partial charge in [0.25, 0.3) is 0 Å². The molecule has 2 aromatic carbocycles. The maximum Gasteiger partial charge on any atom is 0.335 e. The highest BCUT2D eigenvalue weighted by Crippen LogP contribution is 2.25. The van der Waals surface area contributed by atoms with Crippen molar-refractivity contribution in [3.8, 4) is 11.5 Å². The predicted octanol–water partition coefficient (Wildman–Crippen LogP) is 4.14. The monoisotopic (exact) mass is 262 g/mol. The summed E-state index contributed by atoms with van der Waals surface area (Å²) in [7, 11) is 0. The average Bonchev–Trinajstić information content (AvgIpc) is 2.28. The molecule has 0 heterocycles. The zero-order valence-electron chi connectivity index (χ0n) is 9.68. The molecule has 1 N–H and O–H groups in total. The molecule has 4 heteroatoms. The van der Waals surface area contributed by atoms with Gasteiger partial charge in [0, 0.05) is 5.02 Å². The SMILES string of the molecule is Cc1cc(Oc2cccc(Cl)c2)ccc1C(=O)O. The zero-order valence-corrected chi connectivity index (χ0v) is 10.4. The van der Waals surface area contributed by atoms with Gasteiger partial charge in [-0.15, -0.1) is 0 Å². The molecule has 0 fully saturated rings. The summed E-state index contributed by atoms with van der Waals surface area (Å²) in [5.74, 6) is 0.256. The number of aryl methyl sites for hydroxylation is 1. The standard InChI is InChI=1S/C14H11ClO3/c1-9-7-12(5-6-13(9)14(16)17)18-11-4-2-3-10(15)8-11/h2-8H,1H3,(H,16,17). The second-order valence-corrected chi connectivity index (χ2v) is 4.28. The maximum absolute atomic E-state index is 10.9. The normalized spacial score (nSPS) is 10.1. The Morgan fingerprint density at radius 2 is 1.89 bits per heavy atom. The van der Waals surface area contributed by atoms with E-state index in [0.717, 1.165) is 0 Å². The van der Waals surface area contributed by atoms with Crippen LogP contribution in [0.4, 0.5) is 0 Å². The number of carboxylic acids is 1. The Balaban J connectivity index is 2.25. The summed E-state index contributed by atoms with van der Waals surface area (Å²) >= 11 is 5.85. The van der Waals surface area contributed by atoms with E-state index in [1.807, 2.05) is 0 Å². The van der Waals surface area contributed by atoms with Crippen molar-refractivity contribution < 1.29 is 14.6 Å². The van der Waals surface area contributed by atoms with Crippen LogP contribution in [0, 0.1) is 6.92 Å². The molecular formula is C14H11ClO3. The molecule has 0 aromatic heterocycles. The van der Waals surface area contributed by atoms with Crippen LogP contribution in [0.25, 0.3) is 0 Å². The Labute approximate surface area is 110 Å². The van der Waals surface area contributed by atoms with E-state index < -0.39 is 5.97 Å². The van der Waals surface area contributed by atoms with E-state index in [4.69, 9.17) is 21.4 Å². The lowest BCUT2D eigenvalue weighted by Crippen LogP contribution is -1.99. The number of rotatable bonds is 3. The number of halogens is 1. The Bertz CT molecular complexity index is 593. The lowest BCUT2D eigenvalue weighted by Gasteiger charge is -2.08. The van der Waals surface area contributed by atoms with E-state index in [1.165, 1.54) is 6.07 Å². The molecule has 0 spiro atoms. The molecule has 0 atom stereocenters. The third kappa shape index (κ3) is 2.81. The highest BCUT2D eigenvalue weighted by atomic mass is 35.5. The Morgan fingerprint density at radius 3 is 2.50 bits per heavy atom. The van der Waals surface area contributed by atoms with Crippen LogP contribution in [0.15, 0.2) is 42.5 Å². The van der Waals surface area contributed by atoms with Gasteiger partial charge in [-0.25, -0.2) is 4.79 Å². The number of hydrogen-bond donors (Lipinski definition) is 1. The van der Waals surface area contributed by atoms with Gasteiger partial charge >= 0.3 is 5.97 Å². The summed E-state index contributed by atoms with van der Waals surface area (Å²) < 4.78 is 5.60.